The summed E-state index contributed by atoms with van der Waals surface area (Å²) in [7, 11) is 0. The summed E-state index contributed by atoms with van der Waals surface area (Å²) in [6.45, 7) is 5.36. The molecule has 1 saturated heterocycles. The summed E-state index contributed by atoms with van der Waals surface area (Å²) in [6, 6.07) is 0. The van der Waals surface area contributed by atoms with E-state index in [1.807, 2.05) is 0 Å². The third-order valence-corrected chi connectivity index (χ3v) is 2.95. The Morgan fingerprint density at radius 2 is 2.17 bits per heavy atom. The van der Waals surface area contributed by atoms with E-state index in [0.717, 1.165) is 19.4 Å². The van der Waals surface area contributed by atoms with Crippen LogP contribution in [0.3, 0.4) is 0 Å². The fraction of sp³-hybridized carbons (Fsp3) is 1.00. The van der Waals surface area contributed by atoms with Crippen molar-refractivity contribution in [2.45, 2.75) is 45.1 Å². The van der Waals surface area contributed by atoms with Crippen LogP contribution in [0, 0.1) is 5.92 Å². The maximum atomic E-state index is 5.96. The predicted molar refractivity (Wildman–Crippen MR) is 52.7 cm³/mol. The van der Waals surface area contributed by atoms with Crippen LogP contribution < -0.4 is 0 Å². The Hall–Kier alpha value is 0.250. The summed E-state index contributed by atoms with van der Waals surface area (Å²) in [5.41, 5.74) is 0.00791. The number of rotatable bonds is 3. The molecule has 1 fully saturated rings. The molecule has 0 aromatic carbocycles. The van der Waals surface area contributed by atoms with E-state index in [1.165, 1.54) is 12.8 Å². The Labute approximate surface area is 80.4 Å². The van der Waals surface area contributed by atoms with Crippen LogP contribution in [0.1, 0.15) is 39.5 Å². The lowest BCUT2D eigenvalue weighted by atomic mass is 9.87. The van der Waals surface area contributed by atoms with Crippen molar-refractivity contribution in [2.75, 3.05) is 12.5 Å². The van der Waals surface area contributed by atoms with Gasteiger partial charge in [0.25, 0.3) is 0 Å². The van der Waals surface area contributed by atoms with Gasteiger partial charge in [-0.25, -0.2) is 0 Å². The molecule has 0 radical (unpaired) electrons. The van der Waals surface area contributed by atoms with Crippen LogP contribution in [-0.2, 0) is 4.74 Å². The van der Waals surface area contributed by atoms with Gasteiger partial charge >= 0.3 is 0 Å². The van der Waals surface area contributed by atoms with Crippen LogP contribution in [0.5, 0.6) is 0 Å². The second-order valence-corrected chi connectivity index (χ2v) is 4.49. The highest BCUT2D eigenvalue weighted by Crippen LogP contribution is 2.32. The van der Waals surface area contributed by atoms with Crippen LogP contribution in [0.15, 0.2) is 0 Å². The van der Waals surface area contributed by atoms with Gasteiger partial charge in [0, 0.05) is 6.61 Å². The van der Waals surface area contributed by atoms with E-state index in [4.69, 9.17) is 16.3 Å². The molecule has 1 unspecified atom stereocenters. The molecule has 0 spiro atoms. The third kappa shape index (κ3) is 2.63. The van der Waals surface area contributed by atoms with Gasteiger partial charge in [0.15, 0.2) is 0 Å². The second kappa shape index (κ2) is 4.48. The first-order valence-electron chi connectivity index (χ1n) is 4.88. The first-order valence-corrected chi connectivity index (χ1v) is 5.42. The quantitative estimate of drug-likeness (QED) is 0.621. The maximum Gasteiger partial charge on any atom is 0.0819 e. The van der Waals surface area contributed by atoms with Crippen LogP contribution in [-0.4, -0.2) is 18.1 Å². The minimum atomic E-state index is 0.00791. The summed E-state index contributed by atoms with van der Waals surface area (Å²) >= 11 is 5.96. The third-order valence-electron chi connectivity index (χ3n) is 2.46. The molecule has 1 atom stereocenters. The minimum absolute atomic E-state index is 0.00791. The van der Waals surface area contributed by atoms with E-state index in [9.17, 15) is 0 Å². The molecule has 1 nitrogen and oxygen atoms in total. The van der Waals surface area contributed by atoms with Gasteiger partial charge in [0.05, 0.1) is 11.5 Å². The first-order chi connectivity index (χ1) is 5.68. The van der Waals surface area contributed by atoms with Gasteiger partial charge in [-0.3, -0.25) is 0 Å². The Morgan fingerprint density at radius 1 is 1.42 bits per heavy atom. The van der Waals surface area contributed by atoms with Crippen molar-refractivity contribution in [1.82, 2.24) is 0 Å². The molecule has 1 aliphatic heterocycles. The van der Waals surface area contributed by atoms with Crippen LogP contribution in [0.4, 0.5) is 0 Å². The van der Waals surface area contributed by atoms with Crippen LogP contribution >= 0.6 is 11.6 Å². The molecule has 1 rings (SSSR count). The van der Waals surface area contributed by atoms with Crippen molar-refractivity contribution in [2.24, 2.45) is 5.92 Å². The fourth-order valence-corrected chi connectivity index (χ4v) is 2.29. The molecule has 0 N–H and O–H groups in total. The molecule has 0 aromatic heterocycles. The van der Waals surface area contributed by atoms with E-state index >= 15 is 0 Å². The number of hydrogen-bond acceptors (Lipinski definition) is 1. The number of halogens is 1. The second-order valence-electron chi connectivity index (χ2n) is 4.22. The predicted octanol–water partition coefficient (Wildman–Crippen LogP) is 3.21. The normalized spacial score (nSPS) is 31.0. The van der Waals surface area contributed by atoms with E-state index in [1.54, 1.807) is 0 Å². The molecule has 0 aromatic rings. The highest BCUT2D eigenvalue weighted by atomic mass is 35.5. The van der Waals surface area contributed by atoms with Gasteiger partial charge in [-0.2, -0.15) is 0 Å². The lowest BCUT2D eigenvalue weighted by Gasteiger charge is -2.37. The number of alkyl halides is 1. The van der Waals surface area contributed by atoms with Crippen molar-refractivity contribution < 1.29 is 4.74 Å². The van der Waals surface area contributed by atoms with Gasteiger partial charge in [0.1, 0.15) is 0 Å². The Kier molecular flexibility index (Phi) is 3.85. The molecule has 2 heteroatoms. The maximum absolute atomic E-state index is 5.96. The van der Waals surface area contributed by atoms with Gasteiger partial charge < -0.3 is 4.74 Å². The fourth-order valence-electron chi connectivity index (χ4n) is 1.98. The van der Waals surface area contributed by atoms with Gasteiger partial charge in [0.2, 0.25) is 0 Å². The summed E-state index contributed by atoms with van der Waals surface area (Å²) in [5, 5.41) is 0. The summed E-state index contributed by atoms with van der Waals surface area (Å²) < 4.78 is 5.79. The zero-order chi connectivity index (χ0) is 9.03. The minimum Gasteiger partial charge on any atom is -0.374 e. The van der Waals surface area contributed by atoms with Gasteiger partial charge in [-0.1, -0.05) is 13.8 Å². The van der Waals surface area contributed by atoms with Gasteiger partial charge in [-0.05, 0) is 31.6 Å². The van der Waals surface area contributed by atoms with Crippen LogP contribution in [0.25, 0.3) is 0 Å². The summed E-state index contributed by atoms with van der Waals surface area (Å²) in [6.07, 6.45) is 4.74. The molecule has 0 saturated carbocycles. The number of ether oxygens (including phenoxy) is 1. The molecule has 1 heterocycles. The molecular formula is C10H19ClO. The number of hydrogen-bond donors (Lipinski definition) is 0. The molecular weight excluding hydrogens is 172 g/mol. The average molecular weight is 191 g/mol. The zero-order valence-electron chi connectivity index (χ0n) is 8.11. The Morgan fingerprint density at radius 3 is 2.58 bits per heavy atom. The van der Waals surface area contributed by atoms with E-state index in [-0.39, 0.29) is 5.60 Å². The molecule has 0 amide bonds. The highest BCUT2D eigenvalue weighted by Gasteiger charge is 2.32. The smallest absolute Gasteiger partial charge is 0.0819 e. The van der Waals surface area contributed by atoms with Crippen LogP contribution in [0.2, 0.25) is 0 Å². The lowest BCUT2D eigenvalue weighted by Crippen LogP contribution is -2.39. The molecule has 1 aliphatic rings. The summed E-state index contributed by atoms with van der Waals surface area (Å²) in [5.74, 6) is 1.34. The lowest BCUT2D eigenvalue weighted by molar-refractivity contribution is -0.0741. The molecule has 72 valence electrons. The van der Waals surface area contributed by atoms with Crippen molar-refractivity contribution in [3.63, 3.8) is 0 Å². The van der Waals surface area contributed by atoms with Crippen molar-refractivity contribution in [3.05, 3.63) is 0 Å². The summed E-state index contributed by atoms with van der Waals surface area (Å²) in [4.78, 5) is 0. The van der Waals surface area contributed by atoms with Crippen molar-refractivity contribution >= 4 is 11.6 Å². The monoisotopic (exact) mass is 190 g/mol. The topological polar surface area (TPSA) is 9.23 Å². The SMILES string of the molecule is CC(C)CC1(CCl)CCCCO1. The molecule has 12 heavy (non-hydrogen) atoms. The Bertz CT molecular complexity index is 128. The van der Waals surface area contributed by atoms with E-state index in [2.05, 4.69) is 13.8 Å². The van der Waals surface area contributed by atoms with E-state index < -0.39 is 0 Å². The largest absolute Gasteiger partial charge is 0.374 e. The highest BCUT2D eigenvalue weighted by molar-refractivity contribution is 6.18. The van der Waals surface area contributed by atoms with E-state index in [0.29, 0.717) is 11.8 Å². The Balaban J connectivity index is 2.48. The molecule has 0 aliphatic carbocycles. The zero-order valence-corrected chi connectivity index (χ0v) is 8.86. The van der Waals surface area contributed by atoms with Crippen molar-refractivity contribution in [1.29, 1.82) is 0 Å². The standard InChI is InChI=1S/C10H19ClO/c1-9(2)7-10(8-11)5-3-4-6-12-10/h9H,3-8H2,1-2H3. The molecule has 0 bridgehead atoms. The average Bonchev–Trinajstić information content (AvgIpc) is 2.05. The van der Waals surface area contributed by atoms with Crippen molar-refractivity contribution in [3.8, 4) is 0 Å². The first kappa shape index (κ1) is 10.3. The van der Waals surface area contributed by atoms with Gasteiger partial charge in [-0.15, -0.1) is 11.6 Å².